The van der Waals surface area contributed by atoms with Crippen LogP contribution in [0, 0.1) is 5.92 Å². The van der Waals surface area contributed by atoms with Crippen LogP contribution in [0.5, 0.6) is 0 Å². The van der Waals surface area contributed by atoms with Crippen LogP contribution >= 0.6 is 0 Å². The van der Waals surface area contributed by atoms with E-state index in [1.54, 1.807) is 0 Å². The molecule has 0 amide bonds. The Morgan fingerprint density at radius 2 is 1.64 bits per heavy atom. The summed E-state index contributed by atoms with van der Waals surface area (Å²) in [7, 11) is 1.49. The number of unbranched alkanes of at least 4 members (excludes halogenated alkanes) is 3. The average molecular weight is 200 g/mol. The molecule has 0 saturated heterocycles. The fourth-order valence-electron chi connectivity index (χ4n) is 1.64. The molecule has 0 N–H and O–H groups in total. The molecule has 0 bridgehead atoms. The lowest BCUT2D eigenvalue weighted by atomic mass is 9.96. The molecule has 0 fully saturated rings. The summed E-state index contributed by atoms with van der Waals surface area (Å²) in [5.74, 6) is 0.126. The topological polar surface area (TPSA) is 26.3 Å². The molecule has 0 aliphatic carbocycles. The summed E-state index contributed by atoms with van der Waals surface area (Å²) in [5, 5.41) is 0. The molecule has 0 saturated carbocycles. The molecule has 0 radical (unpaired) electrons. The van der Waals surface area contributed by atoms with Gasteiger partial charge in [0, 0.05) is 0 Å². The molecule has 2 heteroatoms. The Morgan fingerprint density at radius 3 is 2.14 bits per heavy atom. The summed E-state index contributed by atoms with van der Waals surface area (Å²) in [6.07, 6.45) is 7.86. The van der Waals surface area contributed by atoms with Crippen molar-refractivity contribution in [1.29, 1.82) is 0 Å². The summed E-state index contributed by atoms with van der Waals surface area (Å²) >= 11 is 0. The number of methoxy groups -OCH3 is 1. The van der Waals surface area contributed by atoms with Crippen LogP contribution in [-0.2, 0) is 9.53 Å². The number of carbonyl (C=O) groups is 1. The Balaban J connectivity index is 3.78. The van der Waals surface area contributed by atoms with E-state index in [-0.39, 0.29) is 11.9 Å². The molecule has 0 heterocycles. The Kier molecular flexibility index (Phi) is 8.70. The van der Waals surface area contributed by atoms with Crippen LogP contribution in [0.3, 0.4) is 0 Å². The average Bonchev–Trinajstić information content (AvgIpc) is 2.22. The van der Waals surface area contributed by atoms with E-state index in [1.165, 1.54) is 20.0 Å². The van der Waals surface area contributed by atoms with Gasteiger partial charge in [-0.3, -0.25) is 4.79 Å². The van der Waals surface area contributed by atoms with Gasteiger partial charge in [-0.05, 0) is 12.8 Å². The lowest BCUT2D eigenvalue weighted by molar-refractivity contribution is -0.146. The Morgan fingerprint density at radius 1 is 1.07 bits per heavy atom. The minimum absolute atomic E-state index is 0.0189. The third-order valence-corrected chi connectivity index (χ3v) is 2.60. The predicted octanol–water partition coefficient (Wildman–Crippen LogP) is 3.55. The number of esters is 1. The Labute approximate surface area is 88.0 Å². The van der Waals surface area contributed by atoms with E-state index in [2.05, 4.69) is 13.8 Å². The molecule has 0 aliphatic rings. The fraction of sp³-hybridized carbons (Fsp3) is 0.917. The lowest BCUT2D eigenvalue weighted by Gasteiger charge is -2.13. The third kappa shape index (κ3) is 6.01. The molecule has 0 aromatic heterocycles. The summed E-state index contributed by atoms with van der Waals surface area (Å²) < 4.78 is 4.80. The van der Waals surface area contributed by atoms with E-state index < -0.39 is 0 Å². The molecule has 0 aromatic rings. The van der Waals surface area contributed by atoms with E-state index >= 15 is 0 Å². The van der Waals surface area contributed by atoms with Crippen molar-refractivity contribution in [1.82, 2.24) is 0 Å². The molecule has 1 atom stereocenters. The van der Waals surface area contributed by atoms with Gasteiger partial charge in [0.1, 0.15) is 0 Å². The second-order valence-electron chi connectivity index (χ2n) is 3.86. The van der Waals surface area contributed by atoms with Gasteiger partial charge in [0.25, 0.3) is 0 Å². The smallest absolute Gasteiger partial charge is 0.308 e. The highest BCUT2D eigenvalue weighted by molar-refractivity contribution is 5.72. The van der Waals surface area contributed by atoms with Crippen LogP contribution in [0.15, 0.2) is 0 Å². The van der Waals surface area contributed by atoms with Crippen molar-refractivity contribution in [2.75, 3.05) is 7.11 Å². The van der Waals surface area contributed by atoms with E-state index in [0.29, 0.717) is 0 Å². The monoisotopic (exact) mass is 200 g/mol. The standard InChI is InChI=1S/C12H24O2/c1-4-6-8-10-11(9-7-5-2)12(13)14-3/h11H,4-10H2,1-3H3. The molecule has 0 spiro atoms. The first-order chi connectivity index (χ1) is 6.76. The normalized spacial score (nSPS) is 12.5. The van der Waals surface area contributed by atoms with Crippen molar-refractivity contribution < 1.29 is 9.53 Å². The van der Waals surface area contributed by atoms with Crippen LogP contribution in [0.1, 0.15) is 58.8 Å². The number of hydrogen-bond acceptors (Lipinski definition) is 2. The molecular weight excluding hydrogens is 176 g/mol. The molecule has 0 aromatic carbocycles. The second-order valence-corrected chi connectivity index (χ2v) is 3.86. The zero-order valence-electron chi connectivity index (χ0n) is 9.84. The van der Waals surface area contributed by atoms with Gasteiger partial charge in [0.15, 0.2) is 0 Å². The van der Waals surface area contributed by atoms with E-state index in [1.807, 2.05) is 0 Å². The van der Waals surface area contributed by atoms with Gasteiger partial charge in [-0.15, -0.1) is 0 Å². The van der Waals surface area contributed by atoms with Crippen molar-refractivity contribution >= 4 is 5.97 Å². The predicted molar refractivity (Wildman–Crippen MR) is 59.2 cm³/mol. The van der Waals surface area contributed by atoms with Gasteiger partial charge in [-0.2, -0.15) is 0 Å². The summed E-state index contributed by atoms with van der Waals surface area (Å²) in [4.78, 5) is 11.4. The highest BCUT2D eigenvalue weighted by Gasteiger charge is 2.17. The number of ether oxygens (including phenoxy) is 1. The van der Waals surface area contributed by atoms with E-state index in [4.69, 9.17) is 4.74 Å². The SMILES string of the molecule is CCCCCC(CCCC)C(=O)OC. The lowest BCUT2D eigenvalue weighted by Crippen LogP contribution is -2.16. The van der Waals surface area contributed by atoms with Crippen LogP contribution in [0.4, 0.5) is 0 Å². The second kappa shape index (κ2) is 9.04. The van der Waals surface area contributed by atoms with E-state index in [9.17, 15) is 4.79 Å². The van der Waals surface area contributed by atoms with Crippen LogP contribution in [0.2, 0.25) is 0 Å². The fourth-order valence-corrected chi connectivity index (χ4v) is 1.64. The molecule has 14 heavy (non-hydrogen) atoms. The quantitative estimate of drug-likeness (QED) is 0.442. The van der Waals surface area contributed by atoms with Crippen molar-refractivity contribution in [3.63, 3.8) is 0 Å². The van der Waals surface area contributed by atoms with Gasteiger partial charge in [0.05, 0.1) is 13.0 Å². The van der Waals surface area contributed by atoms with Gasteiger partial charge in [-0.1, -0.05) is 46.0 Å². The maximum absolute atomic E-state index is 11.4. The summed E-state index contributed by atoms with van der Waals surface area (Å²) in [6.45, 7) is 4.33. The first-order valence-corrected chi connectivity index (χ1v) is 5.84. The number of carbonyl (C=O) groups excluding carboxylic acids is 1. The van der Waals surface area contributed by atoms with E-state index in [0.717, 1.165) is 32.1 Å². The Bertz CT molecular complexity index is 143. The molecular formula is C12H24O2. The minimum atomic E-state index is -0.0189. The maximum atomic E-state index is 11.4. The van der Waals surface area contributed by atoms with Crippen molar-refractivity contribution in [3.8, 4) is 0 Å². The zero-order chi connectivity index (χ0) is 10.8. The van der Waals surface area contributed by atoms with Gasteiger partial charge >= 0.3 is 5.97 Å². The molecule has 2 nitrogen and oxygen atoms in total. The summed E-state index contributed by atoms with van der Waals surface area (Å²) in [6, 6.07) is 0. The van der Waals surface area contributed by atoms with Crippen molar-refractivity contribution in [2.24, 2.45) is 5.92 Å². The molecule has 0 aliphatic heterocycles. The maximum Gasteiger partial charge on any atom is 0.308 e. The van der Waals surface area contributed by atoms with Crippen molar-refractivity contribution in [3.05, 3.63) is 0 Å². The molecule has 84 valence electrons. The van der Waals surface area contributed by atoms with Gasteiger partial charge < -0.3 is 4.74 Å². The summed E-state index contributed by atoms with van der Waals surface area (Å²) in [5.41, 5.74) is 0. The number of hydrogen-bond donors (Lipinski definition) is 0. The zero-order valence-corrected chi connectivity index (χ0v) is 9.84. The van der Waals surface area contributed by atoms with Crippen molar-refractivity contribution in [2.45, 2.75) is 58.8 Å². The molecule has 1 unspecified atom stereocenters. The minimum Gasteiger partial charge on any atom is -0.469 e. The number of rotatable bonds is 8. The van der Waals surface area contributed by atoms with Gasteiger partial charge in [-0.25, -0.2) is 0 Å². The first kappa shape index (κ1) is 13.5. The third-order valence-electron chi connectivity index (χ3n) is 2.60. The highest BCUT2D eigenvalue weighted by atomic mass is 16.5. The first-order valence-electron chi connectivity index (χ1n) is 5.84. The van der Waals surface area contributed by atoms with Crippen LogP contribution in [0.25, 0.3) is 0 Å². The van der Waals surface area contributed by atoms with Crippen LogP contribution < -0.4 is 0 Å². The molecule has 0 rings (SSSR count). The Hall–Kier alpha value is -0.530. The van der Waals surface area contributed by atoms with Crippen LogP contribution in [-0.4, -0.2) is 13.1 Å². The van der Waals surface area contributed by atoms with Gasteiger partial charge in [0.2, 0.25) is 0 Å². The highest BCUT2D eigenvalue weighted by Crippen LogP contribution is 2.18. The largest absolute Gasteiger partial charge is 0.469 e.